The maximum absolute atomic E-state index is 12.2. The van der Waals surface area contributed by atoms with Crippen LogP contribution in [0.15, 0.2) is 53.3 Å². The minimum atomic E-state index is -0.0133. The quantitative estimate of drug-likeness (QED) is 0.898. The number of hydrogen-bond acceptors (Lipinski definition) is 3. The van der Waals surface area contributed by atoms with Crippen LogP contribution in [0.4, 0.5) is 10.5 Å². The number of pyridine rings is 1. The highest BCUT2D eigenvalue weighted by Gasteiger charge is 2.21. The third-order valence-electron chi connectivity index (χ3n) is 3.93. The van der Waals surface area contributed by atoms with Gasteiger partial charge in [0.05, 0.1) is 5.69 Å². The van der Waals surface area contributed by atoms with Crippen LogP contribution in [0.3, 0.4) is 0 Å². The smallest absolute Gasteiger partial charge is 0.317 e. The molecule has 1 fully saturated rings. The third kappa shape index (κ3) is 4.01. The van der Waals surface area contributed by atoms with Crippen molar-refractivity contribution in [1.82, 2.24) is 15.2 Å². The highest BCUT2D eigenvalue weighted by molar-refractivity contribution is 9.10. The summed E-state index contributed by atoms with van der Waals surface area (Å²) in [5.41, 5.74) is 2.19. The van der Waals surface area contributed by atoms with E-state index < -0.39 is 0 Å². The zero-order chi connectivity index (χ0) is 16.1. The molecule has 1 aromatic carbocycles. The molecule has 0 saturated carbocycles. The molecule has 3 rings (SSSR count). The molecule has 0 spiro atoms. The lowest BCUT2D eigenvalue weighted by Gasteiger charge is -2.36. The number of benzene rings is 1. The molecule has 1 aliphatic rings. The lowest BCUT2D eigenvalue weighted by atomic mass is 10.2. The van der Waals surface area contributed by atoms with E-state index in [1.807, 2.05) is 35.2 Å². The molecule has 6 heteroatoms. The Hall–Kier alpha value is -2.08. The Morgan fingerprint density at radius 2 is 1.91 bits per heavy atom. The standard InChI is InChI=1S/C17H19BrN4O/c18-15-5-1-2-6-16(15)21-8-10-22(11-9-21)17(23)20-13-14-4-3-7-19-12-14/h1-7,12H,8-11,13H2,(H,20,23). The van der Waals surface area contributed by atoms with Gasteiger partial charge in [-0.05, 0) is 39.7 Å². The van der Waals surface area contributed by atoms with Crippen LogP contribution in [0.25, 0.3) is 0 Å². The number of carbonyl (C=O) groups excluding carboxylic acids is 1. The maximum atomic E-state index is 12.2. The molecule has 1 saturated heterocycles. The SMILES string of the molecule is O=C(NCc1cccnc1)N1CCN(c2ccccc2Br)CC1. The van der Waals surface area contributed by atoms with Crippen molar-refractivity contribution in [3.63, 3.8) is 0 Å². The van der Waals surface area contributed by atoms with Crippen LogP contribution in [-0.2, 0) is 6.54 Å². The van der Waals surface area contributed by atoms with Gasteiger partial charge in [-0.3, -0.25) is 4.98 Å². The number of anilines is 1. The van der Waals surface area contributed by atoms with E-state index in [1.54, 1.807) is 12.4 Å². The van der Waals surface area contributed by atoms with Crippen molar-refractivity contribution in [2.24, 2.45) is 0 Å². The molecule has 23 heavy (non-hydrogen) atoms. The molecule has 2 amide bonds. The summed E-state index contributed by atoms with van der Waals surface area (Å²) in [7, 11) is 0. The molecule has 2 heterocycles. The van der Waals surface area contributed by atoms with Crippen LogP contribution < -0.4 is 10.2 Å². The topological polar surface area (TPSA) is 48.5 Å². The van der Waals surface area contributed by atoms with Crippen molar-refractivity contribution >= 4 is 27.6 Å². The van der Waals surface area contributed by atoms with Crippen LogP contribution in [0.1, 0.15) is 5.56 Å². The number of rotatable bonds is 3. The van der Waals surface area contributed by atoms with Gasteiger partial charge >= 0.3 is 6.03 Å². The Balaban J connectivity index is 1.50. The Labute approximate surface area is 144 Å². The minimum Gasteiger partial charge on any atom is -0.367 e. The number of hydrogen-bond donors (Lipinski definition) is 1. The zero-order valence-electron chi connectivity index (χ0n) is 12.8. The first kappa shape index (κ1) is 15.8. The van der Waals surface area contributed by atoms with Crippen LogP contribution in [0, 0.1) is 0 Å². The second-order valence-electron chi connectivity index (χ2n) is 5.45. The fourth-order valence-electron chi connectivity index (χ4n) is 2.65. The van der Waals surface area contributed by atoms with Crippen LogP contribution in [0.2, 0.25) is 0 Å². The first-order valence-electron chi connectivity index (χ1n) is 7.65. The normalized spacial score (nSPS) is 14.7. The van der Waals surface area contributed by atoms with Crippen LogP contribution in [-0.4, -0.2) is 42.1 Å². The molecule has 1 aromatic heterocycles. The van der Waals surface area contributed by atoms with Crippen molar-refractivity contribution in [2.75, 3.05) is 31.1 Å². The number of aromatic nitrogens is 1. The summed E-state index contributed by atoms with van der Waals surface area (Å²) < 4.78 is 1.09. The van der Waals surface area contributed by atoms with Gasteiger partial charge < -0.3 is 15.1 Å². The molecule has 2 aromatic rings. The van der Waals surface area contributed by atoms with Crippen molar-refractivity contribution < 1.29 is 4.79 Å². The van der Waals surface area contributed by atoms with Gasteiger partial charge in [0, 0.05) is 49.6 Å². The molecule has 0 unspecified atom stereocenters. The van der Waals surface area contributed by atoms with Gasteiger partial charge in [0.2, 0.25) is 0 Å². The number of carbonyl (C=O) groups is 1. The van der Waals surface area contributed by atoms with Gasteiger partial charge in [-0.25, -0.2) is 4.79 Å². The zero-order valence-corrected chi connectivity index (χ0v) is 14.4. The van der Waals surface area contributed by atoms with Gasteiger partial charge in [-0.2, -0.15) is 0 Å². The Morgan fingerprint density at radius 1 is 1.13 bits per heavy atom. The predicted molar refractivity (Wildman–Crippen MR) is 94.4 cm³/mol. The van der Waals surface area contributed by atoms with Gasteiger partial charge in [0.15, 0.2) is 0 Å². The molecule has 0 atom stereocenters. The molecule has 0 aliphatic carbocycles. The van der Waals surface area contributed by atoms with Gasteiger partial charge in [0.1, 0.15) is 0 Å². The van der Waals surface area contributed by atoms with E-state index in [-0.39, 0.29) is 6.03 Å². The van der Waals surface area contributed by atoms with Crippen molar-refractivity contribution in [1.29, 1.82) is 0 Å². The fourth-order valence-corrected chi connectivity index (χ4v) is 3.19. The molecule has 1 aliphatic heterocycles. The molecular weight excluding hydrogens is 356 g/mol. The van der Waals surface area contributed by atoms with Gasteiger partial charge in [-0.15, -0.1) is 0 Å². The van der Waals surface area contributed by atoms with Crippen molar-refractivity contribution in [3.05, 3.63) is 58.8 Å². The summed E-state index contributed by atoms with van der Waals surface area (Å²) in [6.07, 6.45) is 3.50. The lowest BCUT2D eigenvalue weighted by Crippen LogP contribution is -2.51. The summed E-state index contributed by atoms with van der Waals surface area (Å²) >= 11 is 3.59. The number of para-hydroxylation sites is 1. The number of nitrogens with zero attached hydrogens (tertiary/aromatic N) is 3. The minimum absolute atomic E-state index is 0.0133. The van der Waals surface area contributed by atoms with Crippen LogP contribution >= 0.6 is 15.9 Å². The molecular formula is C17H19BrN4O. The molecule has 0 bridgehead atoms. The largest absolute Gasteiger partial charge is 0.367 e. The van der Waals surface area contributed by atoms with E-state index in [9.17, 15) is 4.79 Å². The molecule has 0 radical (unpaired) electrons. The van der Waals surface area contributed by atoms with Crippen molar-refractivity contribution in [2.45, 2.75) is 6.54 Å². The molecule has 120 valence electrons. The van der Waals surface area contributed by atoms with E-state index in [0.29, 0.717) is 6.54 Å². The number of nitrogens with one attached hydrogen (secondary N) is 1. The van der Waals surface area contributed by atoms with Gasteiger partial charge in [-0.1, -0.05) is 18.2 Å². The Morgan fingerprint density at radius 3 is 2.61 bits per heavy atom. The monoisotopic (exact) mass is 374 g/mol. The average molecular weight is 375 g/mol. The number of urea groups is 1. The van der Waals surface area contributed by atoms with Gasteiger partial charge in [0.25, 0.3) is 0 Å². The number of amides is 2. The second kappa shape index (κ2) is 7.46. The lowest BCUT2D eigenvalue weighted by molar-refractivity contribution is 0.194. The van der Waals surface area contributed by atoms with E-state index in [4.69, 9.17) is 0 Å². The van der Waals surface area contributed by atoms with Crippen molar-refractivity contribution in [3.8, 4) is 0 Å². The molecule has 1 N–H and O–H groups in total. The molecule has 5 nitrogen and oxygen atoms in total. The number of halogens is 1. The van der Waals surface area contributed by atoms with E-state index in [2.05, 4.69) is 37.2 Å². The maximum Gasteiger partial charge on any atom is 0.317 e. The third-order valence-corrected chi connectivity index (χ3v) is 4.60. The first-order valence-corrected chi connectivity index (χ1v) is 8.44. The highest BCUT2D eigenvalue weighted by atomic mass is 79.9. The Kier molecular flexibility index (Phi) is 5.12. The summed E-state index contributed by atoms with van der Waals surface area (Å²) in [5.74, 6) is 0. The summed E-state index contributed by atoms with van der Waals surface area (Å²) in [6.45, 7) is 3.63. The number of piperazine rings is 1. The average Bonchev–Trinajstić information content (AvgIpc) is 2.61. The summed E-state index contributed by atoms with van der Waals surface area (Å²) in [4.78, 5) is 20.5. The Bertz CT molecular complexity index is 657. The predicted octanol–water partition coefficient (Wildman–Crippen LogP) is 2.88. The van der Waals surface area contributed by atoms with E-state index >= 15 is 0 Å². The van der Waals surface area contributed by atoms with E-state index in [1.165, 1.54) is 5.69 Å². The summed E-state index contributed by atoms with van der Waals surface area (Å²) in [6, 6.07) is 12.0. The van der Waals surface area contributed by atoms with Crippen LogP contribution in [0.5, 0.6) is 0 Å². The second-order valence-corrected chi connectivity index (χ2v) is 6.30. The highest BCUT2D eigenvalue weighted by Crippen LogP contribution is 2.26. The summed E-state index contributed by atoms with van der Waals surface area (Å²) in [5, 5.41) is 2.95. The van der Waals surface area contributed by atoms with E-state index in [0.717, 1.165) is 36.2 Å². The fraction of sp³-hybridized carbons (Fsp3) is 0.294. The first-order chi connectivity index (χ1) is 11.2.